The van der Waals surface area contributed by atoms with E-state index < -0.39 is 0 Å². The summed E-state index contributed by atoms with van der Waals surface area (Å²) in [6, 6.07) is 15.3. The molecule has 0 aliphatic heterocycles. The molecular weight excluding hydrogens is 285 g/mol. The maximum Gasteiger partial charge on any atom is 0.123 e. The van der Waals surface area contributed by atoms with Crippen LogP contribution in [0, 0.1) is 5.82 Å². The lowest BCUT2D eigenvalue weighted by Gasteiger charge is -2.21. The largest absolute Gasteiger partial charge is 0.298 e. The van der Waals surface area contributed by atoms with Crippen LogP contribution < -0.4 is 0 Å². The molecule has 122 valence electrons. The fourth-order valence-corrected chi connectivity index (χ4v) is 2.58. The van der Waals surface area contributed by atoms with Crippen molar-refractivity contribution in [3.8, 4) is 0 Å². The number of benzene rings is 2. The van der Waals surface area contributed by atoms with Crippen molar-refractivity contribution in [2.45, 2.75) is 32.7 Å². The van der Waals surface area contributed by atoms with Crippen LogP contribution in [-0.2, 0) is 12.0 Å². The van der Waals surface area contributed by atoms with Crippen LogP contribution in [-0.4, -0.2) is 18.5 Å². The van der Waals surface area contributed by atoms with Gasteiger partial charge >= 0.3 is 0 Å². The molecule has 23 heavy (non-hydrogen) atoms. The van der Waals surface area contributed by atoms with E-state index in [0.717, 1.165) is 24.2 Å². The maximum atomic E-state index is 13.0. The first kappa shape index (κ1) is 17.4. The van der Waals surface area contributed by atoms with Gasteiger partial charge in [0.05, 0.1) is 0 Å². The topological polar surface area (TPSA) is 3.24 Å². The normalized spacial score (nSPS) is 11.7. The Kier molecular flexibility index (Phi) is 5.38. The Bertz CT molecular complexity index is 648. The van der Waals surface area contributed by atoms with Crippen LogP contribution in [0.2, 0.25) is 0 Å². The number of hydrogen-bond donors (Lipinski definition) is 0. The van der Waals surface area contributed by atoms with Crippen molar-refractivity contribution >= 4 is 5.57 Å². The van der Waals surface area contributed by atoms with Gasteiger partial charge in [-0.25, -0.2) is 4.39 Å². The van der Waals surface area contributed by atoms with Crippen LogP contribution in [0.1, 0.15) is 37.5 Å². The second-order valence-corrected chi connectivity index (χ2v) is 7.23. The number of likely N-dealkylation sites (N-methyl/N-ethyl adjacent to an activating group) is 1. The van der Waals surface area contributed by atoms with Gasteiger partial charge in [0.1, 0.15) is 5.82 Å². The fraction of sp³-hybridized carbons (Fsp3) is 0.333. The molecule has 0 N–H and O–H groups in total. The first-order chi connectivity index (χ1) is 10.8. The third kappa shape index (κ3) is 5.04. The lowest BCUT2D eigenvalue weighted by atomic mass is 9.87. The molecule has 0 fully saturated rings. The van der Waals surface area contributed by atoms with E-state index in [4.69, 9.17) is 0 Å². The third-order valence-electron chi connectivity index (χ3n) is 3.99. The molecular formula is C21H26FN. The molecule has 0 radical (unpaired) electrons. The van der Waals surface area contributed by atoms with Gasteiger partial charge in [-0.15, -0.1) is 0 Å². The van der Waals surface area contributed by atoms with E-state index in [-0.39, 0.29) is 11.2 Å². The van der Waals surface area contributed by atoms with Crippen molar-refractivity contribution in [2.24, 2.45) is 0 Å². The summed E-state index contributed by atoms with van der Waals surface area (Å²) in [5.74, 6) is -0.214. The summed E-state index contributed by atoms with van der Waals surface area (Å²) >= 11 is 0. The summed E-state index contributed by atoms with van der Waals surface area (Å²) in [5.41, 5.74) is 4.80. The maximum absolute atomic E-state index is 13.0. The molecule has 0 heterocycles. The molecule has 2 heteroatoms. The molecule has 0 aliphatic rings. The SMILES string of the molecule is C=C(CN(C)Cc1ccc(C(C)(C)C)cc1)c1ccc(F)cc1. The summed E-state index contributed by atoms with van der Waals surface area (Å²) in [6.07, 6.45) is 0. The van der Waals surface area contributed by atoms with Gasteiger partial charge in [0.15, 0.2) is 0 Å². The molecule has 2 aromatic rings. The predicted octanol–water partition coefficient (Wildman–Crippen LogP) is 5.27. The molecule has 0 saturated carbocycles. The van der Waals surface area contributed by atoms with Crippen molar-refractivity contribution in [1.82, 2.24) is 4.90 Å². The highest BCUT2D eigenvalue weighted by Gasteiger charge is 2.13. The molecule has 0 saturated heterocycles. The highest BCUT2D eigenvalue weighted by Crippen LogP contribution is 2.22. The van der Waals surface area contributed by atoms with E-state index in [1.807, 2.05) is 0 Å². The molecule has 0 aromatic heterocycles. The van der Waals surface area contributed by atoms with Gasteiger partial charge in [-0.1, -0.05) is 63.7 Å². The lowest BCUT2D eigenvalue weighted by Crippen LogP contribution is -2.20. The van der Waals surface area contributed by atoms with E-state index in [2.05, 4.69) is 63.6 Å². The molecule has 2 aromatic carbocycles. The first-order valence-electron chi connectivity index (χ1n) is 7.97. The van der Waals surface area contributed by atoms with Crippen LogP contribution in [0.4, 0.5) is 4.39 Å². The predicted molar refractivity (Wildman–Crippen MR) is 96.9 cm³/mol. The third-order valence-corrected chi connectivity index (χ3v) is 3.99. The van der Waals surface area contributed by atoms with Crippen molar-refractivity contribution < 1.29 is 4.39 Å². The molecule has 0 aliphatic carbocycles. The minimum absolute atomic E-state index is 0.182. The van der Waals surface area contributed by atoms with Gasteiger partial charge in [-0.2, -0.15) is 0 Å². The van der Waals surface area contributed by atoms with Gasteiger partial charge < -0.3 is 0 Å². The number of halogens is 1. The van der Waals surface area contributed by atoms with Gasteiger partial charge in [0, 0.05) is 13.1 Å². The minimum atomic E-state index is -0.214. The van der Waals surface area contributed by atoms with E-state index in [1.165, 1.54) is 23.3 Å². The van der Waals surface area contributed by atoms with E-state index in [9.17, 15) is 4.39 Å². The van der Waals surface area contributed by atoms with Gasteiger partial charge in [-0.3, -0.25) is 4.90 Å². The van der Waals surface area contributed by atoms with Crippen LogP contribution in [0.5, 0.6) is 0 Å². The smallest absolute Gasteiger partial charge is 0.123 e. The summed E-state index contributed by atoms with van der Waals surface area (Å²) in [7, 11) is 2.08. The van der Waals surface area contributed by atoms with Crippen LogP contribution in [0.25, 0.3) is 5.57 Å². The van der Waals surface area contributed by atoms with E-state index >= 15 is 0 Å². The molecule has 0 bridgehead atoms. The fourth-order valence-electron chi connectivity index (χ4n) is 2.58. The Labute approximate surface area is 139 Å². The van der Waals surface area contributed by atoms with Crippen LogP contribution in [0.15, 0.2) is 55.1 Å². The monoisotopic (exact) mass is 311 g/mol. The number of nitrogens with zero attached hydrogens (tertiary/aromatic N) is 1. The number of rotatable bonds is 5. The molecule has 1 nitrogen and oxygen atoms in total. The lowest BCUT2D eigenvalue weighted by molar-refractivity contribution is 0.369. The second-order valence-electron chi connectivity index (χ2n) is 7.23. The Morgan fingerprint density at radius 2 is 1.57 bits per heavy atom. The quantitative estimate of drug-likeness (QED) is 0.727. The Morgan fingerprint density at radius 3 is 2.09 bits per heavy atom. The van der Waals surface area contributed by atoms with E-state index in [1.54, 1.807) is 12.1 Å². The van der Waals surface area contributed by atoms with Gasteiger partial charge in [-0.05, 0) is 46.9 Å². The van der Waals surface area contributed by atoms with Crippen molar-refractivity contribution in [2.75, 3.05) is 13.6 Å². The summed E-state index contributed by atoms with van der Waals surface area (Å²) in [6.45, 7) is 12.4. The Balaban J connectivity index is 1.95. The van der Waals surface area contributed by atoms with Crippen molar-refractivity contribution in [3.05, 3.63) is 77.6 Å². The minimum Gasteiger partial charge on any atom is -0.298 e. The van der Waals surface area contributed by atoms with Crippen LogP contribution in [0.3, 0.4) is 0 Å². The summed E-state index contributed by atoms with van der Waals surface area (Å²) in [4.78, 5) is 2.22. The Morgan fingerprint density at radius 1 is 1.00 bits per heavy atom. The molecule has 0 amide bonds. The average Bonchev–Trinajstić information content (AvgIpc) is 2.47. The molecule has 0 atom stereocenters. The zero-order valence-corrected chi connectivity index (χ0v) is 14.6. The first-order valence-corrected chi connectivity index (χ1v) is 7.97. The van der Waals surface area contributed by atoms with Gasteiger partial charge in [0.2, 0.25) is 0 Å². The average molecular weight is 311 g/mol. The zero-order chi connectivity index (χ0) is 17.0. The summed E-state index contributed by atoms with van der Waals surface area (Å²) < 4.78 is 13.0. The van der Waals surface area contributed by atoms with Crippen molar-refractivity contribution in [1.29, 1.82) is 0 Å². The standard InChI is InChI=1S/C21H26FN/c1-16(18-8-12-20(22)13-9-18)14-23(5)15-17-6-10-19(11-7-17)21(2,3)4/h6-13H,1,14-15H2,2-5H3. The molecule has 0 spiro atoms. The van der Waals surface area contributed by atoms with Crippen LogP contribution >= 0.6 is 0 Å². The molecule has 2 rings (SSSR count). The second kappa shape index (κ2) is 7.10. The highest BCUT2D eigenvalue weighted by atomic mass is 19.1. The summed E-state index contributed by atoms with van der Waals surface area (Å²) in [5, 5.41) is 0. The Hall–Kier alpha value is -1.93. The van der Waals surface area contributed by atoms with Crippen molar-refractivity contribution in [3.63, 3.8) is 0 Å². The number of hydrogen-bond acceptors (Lipinski definition) is 1. The molecule has 0 unspecified atom stereocenters. The zero-order valence-electron chi connectivity index (χ0n) is 14.6. The highest BCUT2D eigenvalue weighted by molar-refractivity contribution is 5.64. The van der Waals surface area contributed by atoms with E-state index in [0.29, 0.717) is 0 Å². The van der Waals surface area contributed by atoms with Gasteiger partial charge in [0.25, 0.3) is 0 Å².